The van der Waals surface area contributed by atoms with Gasteiger partial charge >= 0.3 is 5.97 Å². The second kappa shape index (κ2) is 6.56. The Bertz CT molecular complexity index is 529. The van der Waals surface area contributed by atoms with Crippen LogP contribution in [-0.2, 0) is 0 Å². The first kappa shape index (κ1) is 16.0. The van der Waals surface area contributed by atoms with Crippen molar-refractivity contribution in [2.75, 3.05) is 7.11 Å². The lowest BCUT2D eigenvalue weighted by Crippen LogP contribution is -2.29. The molecular weight excluding hydrogens is 292 g/mol. The molecule has 0 saturated heterocycles. The summed E-state index contributed by atoms with van der Waals surface area (Å²) >= 11 is 6.17. The minimum Gasteiger partial charge on any atom is -0.493 e. The van der Waals surface area contributed by atoms with Gasteiger partial charge in [0.15, 0.2) is 11.5 Å². The minimum atomic E-state index is -1.04. The van der Waals surface area contributed by atoms with E-state index in [0.717, 1.165) is 19.3 Å². The van der Waals surface area contributed by atoms with E-state index >= 15 is 0 Å². The van der Waals surface area contributed by atoms with E-state index in [2.05, 4.69) is 13.8 Å². The molecule has 0 aliphatic heterocycles. The average molecular weight is 313 g/mol. The highest BCUT2D eigenvalue weighted by Gasteiger charge is 2.27. The lowest BCUT2D eigenvalue weighted by molar-refractivity contribution is 0.0696. The van der Waals surface area contributed by atoms with Crippen molar-refractivity contribution < 1.29 is 19.4 Å². The Kier molecular flexibility index (Phi) is 4.99. The Morgan fingerprint density at radius 2 is 2.00 bits per heavy atom. The fourth-order valence-corrected chi connectivity index (χ4v) is 2.98. The summed E-state index contributed by atoms with van der Waals surface area (Å²) < 4.78 is 11.2. The Morgan fingerprint density at radius 3 is 2.57 bits per heavy atom. The molecule has 0 spiro atoms. The Hall–Kier alpha value is -1.42. The fourth-order valence-electron chi connectivity index (χ4n) is 2.73. The van der Waals surface area contributed by atoms with Crippen molar-refractivity contribution in [1.29, 1.82) is 0 Å². The van der Waals surface area contributed by atoms with E-state index in [0.29, 0.717) is 23.3 Å². The zero-order valence-corrected chi connectivity index (χ0v) is 13.3. The van der Waals surface area contributed by atoms with Crippen LogP contribution >= 0.6 is 11.6 Å². The minimum absolute atomic E-state index is 0.0924. The summed E-state index contributed by atoms with van der Waals surface area (Å²) in [6, 6.07) is 2.84. The van der Waals surface area contributed by atoms with E-state index < -0.39 is 5.97 Å². The third kappa shape index (κ3) is 3.62. The van der Waals surface area contributed by atoms with Gasteiger partial charge in [-0.1, -0.05) is 25.4 Å². The standard InChI is InChI=1S/C16H21ClO4/c1-9-4-5-12(6-10(9)2)21-15-13(17)7-11(16(18)19)8-14(15)20-3/h7-10,12H,4-6H2,1-3H3,(H,18,19). The van der Waals surface area contributed by atoms with Crippen molar-refractivity contribution in [1.82, 2.24) is 0 Å². The van der Waals surface area contributed by atoms with Crippen molar-refractivity contribution in [2.45, 2.75) is 39.2 Å². The zero-order chi connectivity index (χ0) is 15.6. The largest absolute Gasteiger partial charge is 0.493 e. The number of methoxy groups -OCH3 is 1. The van der Waals surface area contributed by atoms with E-state index in [1.807, 2.05) is 0 Å². The molecule has 1 aliphatic rings. The number of benzene rings is 1. The molecule has 4 nitrogen and oxygen atoms in total. The molecule has 1 aromatic rings. The molecule has 1 fully saturated rings. The van der Waals surface area contributed by atoms with E-state index in [9.17, 15) is 4.79 Å². The summed E-state index contributed by atoms with van der Waals surface area (Å²) in [6.45, 7) is 4.49. The molecule has 1 saturated carbocycles. The molecule has 1 N–H and O–H groups in total. The van der Waals surface area contributed by atoms with Gasteiger partial charge in [-0.05, 0) is 43.2 Å². The number of rotatable bonds is 4. The number of carboxylic acids is 1. The predicted molar refractivity (Wildman–Crippen MR) is 81.6 cm³/mol. The number of carbonyl (C=O) groups is 1. The second-order valence-electron chi connectivity index (χ2n) is 5.80. The summed E-state index contributed by atoms with van der Waals surface area (Å²) in [6.07, 6.45) is 3.17. The van der Waals surface area contributed by atoms with Gasteiger partial charge in [-0.15, -0.1) is 0 Å². The number of carboxylic acid groups (broad SMARTS) is 1. The summed E-state index contributed by atoms with van der Waals surface area (Å²) in [5, 5.41) is 9.33. The van der Waals surface area contributed by atoms with E-state index in [1.54, 1.807) is 0 Å². The topological polar surface area (TPSA) is 55.8 Å². The molecule has 3 unspecified atom stereocenters. The van der Waals surface area contributed by atoms with E-state index in [1.165, 1.54) is 19.2 Å². The summed E-state index contributed by atoms with van der Waals surface area (Å²) in [5.74, 6) is 1.08. The normalized spacial score (nSPS) is 25.4. The van der Waals surface area contributed by atoms with Crippen LogP contribution in [0.1, 0.15) is 43.5 Å². The van der Waals surface area contributed by atoms with Crippen molar-refractivity contribution >= 4 is 17.6 Å². The molecule has 0 radical (unpaired) electrons. The maximum absolute atomic E-state index is 11.0. The maximum Gasteiger partial charge on any atom is 0.335 e. The maximum atomic E-state index is 11.0. The van der Waals surface area contributed by atoms with Gasteiger partial charge in [0, 0.05) is 0 Å². The van der Waals surface area contributed by atoms with Gasteiger partial charge in [0.05, 0.1) is 23.8 Å². The molecule has 1 aromatic carbocycles. The summed E-state index contributed by atoms with van der Waals surface area (Å²) in [5.41, 5.74) is 0.0924. The van der Waals surface area contributed by atoms with Crippen molar-refractivity contribution in [3.8, 4) is 11.5 Å². The molecule has 0 bridgehead atoms. The lowest BCUT2D eigenvalue weighted by Gasteiger charge is -2.32. The molecule has 0 heterocycles. The van der Waals surface area contributed by atoms with Crippen LogP contribution in [0.3, 0.4) is 0 Å². The Labute approximate surface area is 130 Å². The highest BCUT2D eigenvalue weighted by atomic mass is 35.5. The van der Waals surface area contributed by atoms with Gasteiger partial charge in [-0.2, -0.15) is 0 Å². The lowest BCUT2D eigenvalue weighted by atomic mass is 9.80. The molecule has 2 rings (SSSR count). The molecule has 5 heteroatoms. The highest BCUT2D eigenvalue weighted by Crippen LogP contribution is 2.40. The SMILES string of the molecule is COc1cc(C(=O)O)cc(Cl)c1OC1CCC(C)C(C)C1. The van der Waals surface area contributed by atoms with Gasteiger partial charge in [0.1, 0.15) is 0 Å². The van der Waals surface area contributed by atoms with Crippen LogP contribution < -0.4 is 9.47 Å². The van der Waals surface area contributed by atoms with Crippen LogP contribution in [0, 0.1) is 11.8 Å². The summed E-state index contributed by atoms with van der Waals surface area (Å²) in [7, 11) is 1.48. The third-order valence-corrected chi connectivity index (χ3v) is 4.59. The van der Waals surface area contributed by atoms with Gasteiger partial charge < -0.3 is 14.6 Å². The van der Waals surface area contributed by atoms with Crippen molar-refractivity contribution in [2.24, 2.45) is 11.8 Å². The average Bonchev–Trinajstić information content (AvgIpc) is 2.44. The quantitative estimate of drug-likeness (QED) is 0.903. The number of halogens is 1. The number of hydrogen-bond acceptors (Lipinski definition) is 3. The van der Waals surface area contributed by atoms with Crippen LogP contribution in [0.2, 0.25) is 5.02 Å². The highest BCUT2D eigenvalue weighted by molar-refractivity contribution is 6.32. The second-order valence-corrected chi connectivity index (χ2v) is 6.21. The third-order valence-electron chi connectivity index (χ3n) is 4.31. The molecular formula is C16H21ClO4. The smallest absolute Gasteiger partial charge is 0.335 e. The molecule has 1 aliphatic carbocycles. The fraction of sp³-hybridized carbons (Fsp3) is 0.562. The van der Waals surface area contributed by atoms with Gasteiger partial charge in [0.25, 0.3) is 0 Å². The van der Waals surface area contributed by atoms with E-state index in [4.69, 9.17) is 26.2 Å². The van der Waals surface area contributed by atoms with Gasteiger partial charge in [0.2, 0.25) is 0 Å². The first-order chi connectivity index (χ1) is 9.92. The number of hydrogen-bond donors (Lipinski definition) is 1. The zero-order valence-electron chi connectivity index (χ0n) is 12.6. The van der Waals surface area contributed by atoms with Crippen LogP contribution in [-0.4, -0.2) is 24.3 Å². The monoisotopic (exact) mass is 312 g/mol. The van der Waals surface area contributed by atoms with Crippen LogP contribution in [0.4, 0.5) is 0 Å². The summed E-state index contributed by atoms with van der Waals surface area (Å²) in [4.78, 5) is 11.0. The Morgan fingerprint density at radius 1 is 1.29 bits per heavy atom. The van der Waals surface area contributed by atoms with Crippen LogP contribution in [0.25, 0.3) is 0 Å². The first-order valence-electron chi connectivity index (χ1n) is 7.19. The van der Waals surface area contributed by atoms with Gasteiger partial charge in [-0.25, -0.2) is 4.79 Å². The molecule has 0 aromatic heterocycles. The predicted octanol–water partition coefficient (Wildman–Crippen LogP) is 4.25. The van der Waals surface area contributed by atoms with Crippen LogP contribution in [0.15, 0.2) is 12.1 Å². The Balaban J connectivity index is 2.21. The number of aromatic carboxylic acids is 1. The molecule has 116 valence electrons. The first-order valence-corrected chi connectivity index (χ1v) is 7.57. The van der Waals surface area contributed by atoms with E-state index in [-0.39, 0.29) is 16.7 Å². The van der Waals surface area contributed by atoms with Gasteiger partial charge in [-0.3, -0.25) is 0 Å². The van der Waals surface area contributed by atoms with Crippen LogP contribution in [0.5, 0.6) is 11.5 Å². The van der Waals surface area contributed by atoms with Crippen molar-refractivity contribution in [3.05, 3.63) is 22.7 Å². The molecule has 21 heavy (non-hydrogen) atoms. The molecule has 3 atom stereocenters. The van der Waals surface area contributed by atoms with Crippen molar-refractivity contribution in [3.63, 3.8) is 0 Å². The molecule has 0 amide bonds. The number of ether oxygens (including phenoxy) is 2.